The summed E-state index contributed by atoms with van der Waals surface area (Å²) in [5, 5.41) is 5.01. The fraction of sp³-hybridized carbons (Fsp3) is 0.524. The molecule has 4 amide bonds. The summed E-state index contributed by atoms with van der Waals surface area (Å²) in [6.07, 6.45) is 2.36. The van der Waals surface area contributed by atoms with Crippen LogP contribution in [0.15, 0.2) is 18.2 Å². The van der Waals surface area contributed by atoms with Crippen LogP contribution < -0.4 is 10.6 Å². The molecule has 29 heavy (non-hydrogen) atoms. The number of imide groups is 1. The zero-order valence-electron chi connectivity index (χ0n) is 16.4. The number of carbonyl (C=O) groups excluding carboxylic acids is 4. The van der Waals surface area contributed by atoms with Crippen LogP contribution in [0.1, 0.15) is 54.1 Å². The van der Waals surface area contributed by atoms with E-state index in [4.69, 9.17) is 4.74 Å². The molecule has 2 aliphatic heterocycles. The molecule has 2 heterocycles. The lowest BCUT2D eigenvalue weighted by molar-refractivity contribution is -0.136. The third-order valence-corrected chi connectivity index (χ3v) is 6.05. The van der Waals surface area contributed by atoms with Gasteiger partial charge in [-0.3, -0.25) is 19.7 Å². The second kappa shape index (κ2) is 7.85. The first-order valence-corrected chi connectivity index (χ1v) is 10.1. The summed E-state index contributed by atoms with van der Waals surface area (Å²) in [6, 6.07) is 4.82. The van der Waals surface area contributed by atoms with Crippen molar-refractivity contribution in [3.63, 3.8) is 0 Å². The number of nitrogens with zero attached hydrogens (tertiary/aromatic N) is 1. The highest BCUT2D eigenvalue weighted by atomic mass is 16.5. The van der Waals surface area contributed by atoms with Crippen molar-refractivity contribution in [3.8, 4) is 0 Å². The molecule has 2 fully saturated rings. The summed E-state index contributed by atoms with van der Waals surface area (Å²) in [5.74, 6) is 0.216. The molecule has 1 aliphatic carbocycles. The van der Waals surface area contributed by atoms with Crippen LogP contribution in [0.25, 0.3) is 0 Å². The van der Waals surface area contributed by atoms with Crippen molar-refractivity contribution < 1.29 is 23.9 Å². The van der Waals surface area contributed by atoms with Gasteiger partial charge in [-0.25, -0.2) is 4.79 Å². The van der Waals surface area contributed by atoms with Crippen LogP contribution in [0.3, 0.4) is 0 Å². The second-order valence-electron chi connectivity index (χ2n) is 8.01. The molecule has 4 rings (SSSR count). The topological polar surface area (TPSA) is 105 Å². The predicted molar refractivity (Wildman–Crippen MR) is 103 cm³/mol. The van der Waals surface area contributed by atoms with E-state index in [2.05, 4.69) is 17.6 Å². The standard InChI is InChI=1S/C21H25N3O5/c1-2-13-8-15(13)11-29-21(28)22-9-12-3-4-14-10-24(20(27)16(14)7-12)17-5-6-18(25)23-19(17)26/h3-4,7,13,15,17H,2,5-6,8-11H2,1H3,(H,22,28)(H,23,25,26)/t13-,15+,17?/m1/s1. The second-order valence-corrected chi connectivity index (χ2v) is 8.01. The van der Waals surface area contributed by atoms with E-state index in [-0.39, 0.29) is 24.8 Å². The zero-order valence-corrected chi connectivity index (χ0v) is 16.4. The van der Waals surface area contributed by atoms with Crippen LogP contribution in [0.4, 0.5) is 4.79 Å². The van der Waals surface area contributed by atoms with Crippen molar-refractivity contribution in [1.82, 2.24) is 15.5 Å². The number of ether oxygens (including phenoxy) is 1. The van der Waals surface area contributed by atoms with Gasteiger partial charge in [0.05, 0.1) is 6.61 Å². The van der Waals surface area contributed by atoms with E-state index in [1.807, 2.05) is 12.1 Å². The smallest absolute Gasteiger partial charge is 0.407 e. The van der Waals surface area contributed by atoms with Crippen LogP contribution in [0.5, 0.6) is 0 Å². The minimum atomic E-state index is -0.626. The molecule has 1 saturated carbocycles. The molecular formula is C21H25N3O5. The predicted octanol–water partition coefficient (Wildman–Crippen LogP) is 1.72. The van der Waals surface area contributed by atoms with Gasteiger partial charge in [0, 0.05) is 25.1 Å². The molecule has 8 nitrogen and oxygen atoms in total. The van der Waals surface area contributed by atoms with Gasteiger partial charge < -0.3 is 15.0 Å². The Morgan fingerprint density at radius 2 is 2.10 bits per heavy atom. The first-order chi connectivity index (χ1) is 14.0. The number of alkyl carbamates (subject to hydrolysis) is 1. The molecule has 154 valence electrons. The van der Waals surface area contributed by atoms with Crippen LogP contribution in [-0.2, 0) is 27.4 Å². The number of benzene rings is 1. The number of amides is 4. The van der Waals surface area contributed by atoms with Gasteiger partial charge in [0.25, 0.3) is 5.91 Å². The summed E-state index contributed by atoms with van der Waals surface area (Å²) in [5.41, 5.74) is 2.16. The average molecular weight is 399 g/mol. The molecule has 3 aliphatic rings. The van der Waals surface area contributed by atoms with E-state index in [9.17, 15) is 19.2 Å². The SMILES string of the molecule is CC[C@@H]1C[C@H]1COC(=O)NCc1ccc2c(c1)C(=O)N(C1CCC(=O)NC1=O)C2. The minimum absolute atomic E-state index is 0.224. The Morgan fingerprint density at radius 1 is 1.28 bits per heavy atom. The first kappa shape index (κ1) is 19.4. The Kier molecular flexibility index (Phi) is 5.25. The molecule has 3 atom stereocenters. The van der Waals surface area contributed by atoms with Crippen molar-refractivity contribution in [3.05, 3.63) is 34.9 Å². The molecule has 0 radical (unpaired) electrons. The molecule has 1 aromatic rings. The van der Waals surface area contributed by atoms with Gasteiger partial charge in [0.1, 0.15) is 6.04 Å². The highest BCUT2D eigenvalue weighted by Gasteiger charge is 2.39. The molecule has 1 aromatic carbocycles. The average Bonchev–Trinajstić information content (AvgIpc) is 3.41. The lowest BCUT2D eigenvalue weighted by atomic mass is 10.0. The summed E-state index contributed by atoms with van der Waals surface area (Å²) < 4.78 is 5.25. The van der Waals surface area contributed by atoms with Crippen LogP contribution in [0, 0.1) is 11.8 Å². The molecule has 0 aromatic heterocycles. The van der Waals surface area contributed by atoms with Crippen molar-refractivity contribution in [1.29, 1.82) is 0 Å². The normalized spacial score (nSPS) is 25.5. The largest absolute Gasteiger partial charge is 0.449 e. The molecular weight excluding hydrogens is 374 g/mol. The summed E-state index contributed by atoms with van der Waals surface area (Å²) in [7, 11) is 0. The van der Waals surface area contributed by atoms with Crippen molar-refractivity contribution in [2.75, 3.05) is 6.61 Å². The number of nitrogens with one attached hydrogen (secondary N) is 2. The van der Waals surface area contributed by atoms with E-state index in [0.29, 0.717) is 37.0 Å². The molecule has 1 unspecified atom stereocenters. The van der Waals surface area contributed by atoms with E-state index >= 15 is 0 Å². The van der Waals surface area contributed by atoms with Crippen LogP contribution in [-0.4, -0.2) is 41.4 Å². The lowest BCUT2D eigenvalue weighted by Crippen LogP contribution is -2.52. The zero-order chi connectivity index (χ0) is 20.5. The van der Waals surface area contributed by atoms with Crippen LogP contribution >= 0.6 is 0 Å². The molecule has 0 spiro atoms. The number of rotatable bonds is 6. The molecule has 1 saturated heterocycles. The molecule has 0 bridgehead atoms. The summed E-state index contributed by atoms with van der Waals surface area (Å²) in [4.78, 5) is 49.6. The molecule has 2 N–H and O–H groups in total. The van der Waals surface area contributed by atoms with E-state index in [0.717, 1.165) is 24.0 Å². The van der Waals surface area contributed by atoms with Gasteiger partial charge in [-0.1, -0.05) is 25.5 Å². The maximum absolute atomic E-state index is 12.8. The highest BCUT2D eigenvalue weighted by molar-refractivity contribution is 6.05. The van der Waals surface area contributed by atoms with Crippen LogP contribution in [0.2, 0.25) is 0 Å². The van der Waals surface area contributed by atoms with Gasteiger partial charge in [-0.05, 0) is 41.9 Å². The minimum Gasteiger partial charge on any atom is -0.449 e. The van der Waals surface area contributed by atoms with Gasteiger partial charge in [0.15, 0.2) is 0 Å². The van der Waals surface area contributed by atoms with E-state index in [1.165, 1.54) is 4.90 Å². The number of hydrogen-bond donors (Lipinski definition) is 2. The number of hydrogen-bond acceptors (Lipinski definition) is 5. The van der Waals surface area contributed by atoms with Crippen molar-refractivity contribution >= 4 is 23.8 Å². The monoisotopic (exact) mass is 399 g/mol. The van der Waals surface area contributed by atoms with E-state index < -0.39 is 18.0 Å². The highest BCUT2D eigenvalue weighted by Crippen LogP contribution is 2.40. The number of carbonyl (C=O) groups is 4. The number of fused-ring (bicyclic) bond motifs is 1. The Bertz CT molecular complexity index is 868. The quantitative estimate of drug-likeness (QED) is 0.709. The number of piperidine rings is 1. The Morgan fingerprint density at radius 3 is 2.83 bits per heavy atom. The Hall–Kier alpha value is -2.90. The summed E-state index contributed by atoms with van der Waals surface area (Å²) >= 11 is 0. The fourth-order valence-corrected chi connectivity index (χ4v) is 4.13. The van der Waals surface area contributed by atoms with Crippen molar-refractivity contribution in [2.45, 2.75) is 51.7 Å². The third kappa shape index (κ3) is 4.11. The maximum Gasteiger partial charge on any atom is 0.407 e. The Labute approximate surface area is 169 Å². The Balaban J connectivity index is 1.32. The summed E-state index contributed by atoms with van der Waals surface area (Å²) in [6.45, 7) is 3.20. The lowest BCUT2D eigenvalue weighted by Gasteiger charge is -2.29. The first-order valence-electron chi connectivity index (χ1n) is 10.1. The third-order valence-electron chi connectivity index (χ3n) is 6.05. The van der Waals surface area contributed by atoms with Crippen molar-refractivity contribution in [2.24, 2.45) is 11.8 Å². The molecule has 8 heteroatoms. The fourth-order valence-electron chi connectivity index (χ4n) is 4.13. The van der Waals surface area contributed by atoms with Gasteiger partial charge >= 0.3 is 6.09 Å². The van der Waals surface area contributed by atoms with E-state index in [1.54, 1.807) is 6.07 Å². The maximum atomic E-state index is 12.8. The van der Waals surface area contributed by atoms with Gasteiger partial charge in [-0.2, -0.15) is 0 Å². The van der Waals surface area contributed by atoms with Gasteiger partial charge in [-0.15, -0.1) is 0 Å². The van der Waals surface area contributed by atoms with Gasteiger partial charge in [0.2, 0.25) is 11.8 Å².